The summed E-state index contributed by atoms with van der Waals surface area (Å²) >= 11 is 0. The van der Waals surface area contributed by atoms with Crippen LogP contribution in [0.3, 0.4) is 0 Å². The Morgan fingerprint density at radius 1 is 1.00 bits per heavy atom. The Morgan fingerprint density at radius 3 is 2.46 bits per heavy atom. The Balaban J connectivity index is 1.27. The lowest BCUT2D eigenvalue weighted by molar-refractivity contribution is 0.0218. The summed E-state index contributed by atoms with van der Waals surface area (Å²) in [6.45, 7) is 12.7. The third kappa shape index (κ3) is 4.58. The molecule has 1 saturated heterocycles. The number of carbonyl (C=O) groups is 1. The molecule has 1 fully saturated rings. The SMILES string of the molecule is Cc1ncc(-c2ccc3c(c2)C(C)(C)c2ccc(-c4cnc(C5CCCN5C(=O)OC(C)(C)C)[nH]4)cc2O3)[nH]1. The molecule has 2 aliphatic heterocycles. The predicted octanol–water partition coefficient (Wildman–Crippen LogP) is 7.28. The molecule has 1 amide bonds. The van der Waals surface area contributed by atoms with E-state index in [0.29, 0.717) is 6.54 Å². The number of hydrogen-bond acceptors (Lipinski definition) is 5. The fourth-order valence-corrected chi connectivity index (χ4v) is 5.64. The van der Waals surface area contributed by atoms with Crippen LogP contribution in [-0.2, 0) is 10.2 Å². The zero-order valence-electron chi connectivity index (χ0n) is 23.4. The van der Waals surface area contributed by atoms with Crippen LogP contribution in [0.15, 0.2) is 48.8 Å². The summed E-state index contributed by atoms with van der Waals surface area (Å²) in [5.74, 6) is 3.36. The number of carbonyl (C=O) groups excluding carboxylic acids is 1. The van der Waals surface area contributed by atoms with Crippen molar-refractivity contribution in [2.45, 2.75) is 71.4 Å². The van der Waals surface area contributed by atoms with Crippen LogP contribution in [0.25, 0.3) is 22.5 Å². The van der Waals surface area contributed by atoms with Crippen molar-refractivity contribution in [1.29, 1.82) is 0 Å². The number of imidazole rings is 2. The number of H-pyrrole nitrogens is 2. The van der Waals surface area contributed by atoms with Gasteiger partial charge in [-0.3, -0.25) is 4.90 Å². The molecule has 2 aromatic carbocycles. The van der Waals surface area contributed by atoms with Gasteiger partial charge in [0.25, 0.3) is 0 Å². The second-order valence-electron chi connectivity index (χ2n) is 12.0. The minimum absolute atomic E-state index is 0.124. The molecule has 1 unspecified atom stereocenters. The van der Waals surface area contributed by atoms with Crippen molar-refractivity contribution in [3.8, 4) is 34.0 Å². The number of ether oxygens (including phenoxy) is 2. The monoisotopic (exact) mass is 525 g/mol. The van der Waals surface area contributed by atoms with Crippen LogP contribution in [0.5, 0.6) is 11.5 Å². The van der Waals surface area contributed by atoms with E-state index in [1.807, 2.05) is 46.2 Å². The van der Waals surface area contributed by atoms with Crippen LogP contribution in [0, 0.1) is 6.92 Å². The third-order valence-electron chi connectivity index (χ3n) is 7.64. The van der Waals surface area contributed by atoms with Gasteiger partial charge in [-0.15, -0.1) is 0 Å². The molecule has 0 radical (unpaired) electrons. The van der Waals surface area contributed by atoms with Crippen molar-refractivity contribution in [3.63, 3.8) is 0 Å². The predicted molar refractivity (Wildman–Crippen MR) is 150 cm³/mol. The van der Waals surface area contributed by atoms with E-state index in [9.17, 15) is 4.79 Å². The van der Waals surface area contributed by atoms with E-state index in [2.05, 4.69) is 64.1 Å². The summed E-state index contributed by atoms with van der Waals surface area (Å²) in [7, 11) is 0. The van der Waals surface area contributed by atoms with Gasteiger partial charge in [0.15, 0.2) is 0 Å². The molecule has 8 heteroatoms. The molecule has 8 nitrogen and oxygen atoms in total. The maximum atomic E-state index is 12.8. The molecule has 4 heterocycles. The summed E-state index contributed by atoms with van der Waals surface area (Å²) in [6, 6.07) is 12.5. The summed E-state index contributed by atoms with van der Waals surface area (Å²) in [6.07, 6.45) is 5.18. The van der Waals surface area contributed by atoms with Crippen molar-refractivity contribution >= 4 is 6.09 Å². The summed E-state index contributed by atoms with van der Waals surface area (Å²) in [5.41, 5.74) is 5.44. The molecule has 1 atom stereocenters. The van der Waals surface area contributed by atoms with Gasteiger partial charge in [-0.2, -0.15) is 0 Å². The van der Waals surface area contributed by atoms with Gasteiger partial charge >= 0.3 is 6.09 Å². The largest absolute Gasteiger partial charge is 0.457 e. The van der Waals surface area contributed by atoms with Crippen molar-refractivity contribution in [2.75, 3.05) is 6.54 Å². The smallest absolute Gasteiger partial charge is 0.410 e. The van der Waals surface area contributed by atoms with Gasteiger partial charge in [0.2, 0.25) is 0 Å². The fourth-order valence-electron chi connectivity index (χ4n) is 5.64. The maximum absolute atomic E-state index is 12.8. The molecule has 0 spiro atoms. The molecule has 0 bridgehead atoms. The number of aromatic amines is 2. The average molecular weight is 526 g/mol. The van der Waals surface area contributed by atoms with E-state index in [4.69, 9.17) is 9.47 Å². The minimum Gasteiger partial charge on any atom is -0.457 e. The van der Waals surface area contributed by atoms with Crippen LogP contribution < -0.4 is 4.74 Å². The third-order valence-corrected chi connectivity index (χ3v) is 7.64. The lowest BCUT2D eigenvalue weighted by atomic mass is 9.75. The number of hydrogen-bond donors (Lipinski definition) is 2. The zero-order valence-corrected chi connectivity index (χ0v) is 23.4. The van der Waals surface area contributed by atoms with Gasteiger partial charge in [0.05, 0.1) is 29.8 Å². The van der Waals surface area contributed by atoms with Gasteiger partial charge in [-0.25, -0.2) is 14.8 Å². The van der Waals surface area contributed by atoms with Gasteiger partial charge in [-0.1, -0.05) is 26.0 Å². The number of likely N-dealkylation sites (tertiary alicyclic amines) is 1. The van der Waals surface area contributed by atoms with Crippen molar-refractivity contribution in [1.82, 2.24) is 24.8 Å². The topological polar surface area (TPSA) is 96.1 Å². The maximum Gasteiger partial charge on any atom is 0.410 e. The Morgan fingerprint density at radius 2 is 1.72 bits per heavy atom. The Bertz CT molecular complexity index is 1560. The zero-order chi connectivity index (χ0) is 27.5. The Labute approximate surface area is 228 Å². The van der Waals surface area contributed by atoms with E-state index in [1.54, 1.807) is 4.90 Å². The van der Waals surface area contributed by atoms with E-state index in [1.165, 1.54) is 0 Å². The van der Waals surface area contributed by atoms with Crippen molar-refractivity contribution < 1.29 is 14.3 Å². The van der Waals surface area contributed by atoms with Gasteiger partial charge in [0, 0.05) is 34.2 Å². The summed E-state index contributed by atoms with van der Waals surface area (Å²) in [5, 5.41) is 0. The highest BCUT2D eigenvalue weighted by atomic mass is 16.6. The number of rotatable bonds is 3. The molecule has 2 N–H and O–H groups in total. The number of nitrogens with zero attached hydrogens (tertiary/aromatic N) is 3. The van der Waals surface area contributed by atoms with Gasteiger partial charge in [-0.05, 0) is 64.8 Å². The van der Waals surface area contributed by atoms with E-state index < -0.39 is 5.60 Å². The van der Waals surface area contributed by atoms with Crippen LogP contribution >= 0.6 is 0 Å². The highest BCUT2D eigenvalue weighted by Crippen LogP contribution is 2.49. The van der Waals surface area contributed by atoms with Gasteiger partial charge < -0.3 is 19.4 Å². The number of fused-ring (bicyclic) bond motifs is 2. The number of amides is 1. The average Bonchev–Trinajstić information content (AvgIpc) is 3.63. The molecule has 39 heavy (non-hydrogen) atoms. The molecule has 6 rings (SSSR count). The molecule has 0 aliphatic carbocycles. The summed E-state index contributed by atoms with van der Waals surface area (Å²) in [4.78, 5) is 30.4. The quantitative estimate of drug-likeness (QED) is 0.293. The van der Waals surface area contributed by atoms with E-state index in [-0.39, 0.29) is 17.6 Å². The van der Waals surface area contributed by atoms with Crippen LogP contribution in [-0.4, -0.2) is 43.1 Å². The summed E-state index contributed by atoms with van der Waals surface area (Å²) < 4.78 is 12.1. The lowest BCUT2D eigenvalue weighted by Gasteiger charge is -2.35. The normalized spacial score (nSPS) is 17.9. The number of aromatic nitrogens is 4. The van der Waals surface area contributed by atoms with Gasteiger partial charge in [0.1, 0.15) is 28.7 Å². The number of benzene rings is 2. The van der Waals surface area contributed by atoms with Crippen LogP contribution in [0.4, 0.5) is 4.79 Å². The Hall–Kier alpha value is -4.07. The first-order valence-electron chi connectivity index (χ1n) is 13.5. The number of aryl methyl sites for hydroxylation is 1. The highest BCUT2D eigenvalue weighted by Gasteiger charge is 2.36. The molecular weight excluding hydrogens is 490 g/mol. The highest BCUT2D eigenvalue weighted by molar-refractivity contribution is 5.71. The van der Waals surface area contributed by atoms with E-state index >= 15 is 0 Å². The lowest BCUT2D eigenvalue weighted by Crippen LogP contribution is -2.36. The van der Waals surface area contributed by atoms with E-state index in [0.717, 1.165) is 69.6 Å². The van der Waals surface area contributed by atoms with Crippen LogP contribution in [0.2, 0.25) is 0 Å². The first-order valence-corrected chi connectivity index (χ1v) is 13.5. The molecule has 202 valence electrons. The fraction of sp³-hybridized carbons (Fsp3) is 0.387. The Kier molecular flexibility index (Phi) is 5.82. The molecule has 2 aromatic heterocycles. The first kappa shape index (κ1) is 25.2. The minimum atomic E-state index is -0.534. The second-order valence-corrected chi connectivity index (χ2v) is 12.0. The molecule has 2 aliphatic rings. The number of nitrogens with one attached hydrogen (secondary N) is 2. The molecule has 4 aromatic rings. The van der Waals surface area contributed by atoms with Crippen LogP contribution in [0.1, 0.15) is 76.3 Å². The molecular formula is C31H35N5O3. The first-order chi connectivity index (χ1) is 18.5. The standard InChI is InChI=1S/C31H35N5O3/c1-18-32-16-23(34-18)19-10-12-26-22(14-19)31(5,6)21-11-9-20(15-27(21)38-26)24-17-33-28(35-24)25-8-7-13-36(25)29(37)39-30(2,3)4/h9-12,14-17,25H,7-8,13H2,1-6H3,(H,32,34)(H,33,35). The van der Waals surface area contributed by atoms with Crippen molar-refractivity contribution in [3.05, 3.63) is 71.6 Å². The van der Waals surface area contributed by atoms with Crippen molar-refractivity contribution in [2.24, 2.45) is 0 Å². The second kappa shape index (κ2) is 9.00. The molecule has 0 saturated carbocycles.